The summed E-state index contributed by atoms with van der Waals surface area (Å²) in [5.41, 5.74) is 8.87. The maximum absolute atomic E-state index is 12.4. The Balaban J connectivity index is 1.39. The summed E-state index contributed by atoms with van der Waals surface area (Å²) in [6, 6.07) is 6.55. The Bertz CT molecular complexity index is 1520. The Morgan fingerprint density at radius 3 is 2.74 bits per heavy atom. The number of alkyl halides is 3. The van der Waals surface area contributed by atoms with Crippen molar-refractivity contribution >= 4 is 41.0 Å². The molecule has 2 aromatic heterocycles. The molecule has 1 aromatic carbocycles. The molecule has 1 unspecified atom stereocenters. The van der Waals surface area contributed by atoms with Gasteiger partial charge in [0.05, 0.1) is 18.1 Å². The summed E-state index contributed by atoms with van der Waals surface area (Å²) in [6.45, 7) is 1.71. The minimum Gasteiger partial charge on any atom is -0.404 e. The molecule has 0 spiro atoms. The molecule has 3 aromatic rings. The number of urea groups is 1. The van der Waals surface area contributed by atoms with Crippen molar-refractivity contribution in [1.29, 1.82) is 0 Å². The van der Waals surface area contributed by atoms with Crippen molar-refractivity contribution in [3.05, 3.63) is 54.5 Å². The maximum atomic E-state index is 12.4. The normalized spacial score (nSPS) is 14.9. The third-order valence-corrected chi connectivity index (χ3v) is 6.41. The van der Waals surface area contributed by atoms with Crippen LogP contribution in [0.15, 0.2) is 53.9 Å². The lowest BCUT2D eigenvalue weighted by atomic mass is 10.1. The molecule has 42 heavy (non-hydrogen) atoms. The third-order valence-electron chi connectivity index (χ3n) is 6.41. The number of fused-ring (bicyclic) bond motifs is 1. The van der Waals surface area contributed by atoms with Gasteiger partial charge in [-0.1, -0.05) is 12.1 Å². The first-order chi connectivity index (χ1) is 20.0. The third kappa shape index (κ3) is 7.83. The second-order valence-electron chi connectivity index (χ2n) is 9.51. The molecule has 4 rings (SSSR count). The van der Waals surface area contributed by atoms with Gasteiger partial charge < -0.3 is 26.6 Å². The Morgan fingerprint density at radius 1 is 1.21 bits per heavy atom. The molecule has 12 nitrogen and oxygen atoms in total. The van der Waals surface area contributed by atoms with E-state index in [1.807, 2.05) is 0 Å². The van der Waals surface area contributed by atoms with E-state index in [-0.39, 0.29) is 17.5 Å². The largest absolute Gasteiger partial charge is 0.405 e. The molecule has 1 saturated heterocycles. The Morgan fingerprint density at radius 2 is 2.02 bits per heavy atom. The maximum Gasteiger partial charge on any atom is 0.405 e. The van der Waals surface area contributed by atoms with E-state index < -0.39 is 24.8 Å². The lowest BCUT2D eigenvalue weighted by Crippen LogP contribution is -2.38. The highest BCUT2D eigenvalue weighted by Crippen LogP contribution is 2.24. The smallest absolute Gasteiger partial charge is 0.404 e. The zero-order valence-corrected chi connectivity index (χ0v) is 22.7. The average molecular weight is 586 g/mol. The van der Waals surface area contributed by atoms with Crippen LogP contribution < -0.4 is 21.7 Å². The number of aliphatic imine (C=N–C) groups is 1. The van der Waals surface area contributed by atoms with Crippen molar-refractivity contribution in [2.75, 3.05) is 31.5 Å². The molecule has 0 saturated carbocycles. The highest BCUT2D eigenvalue weighted by molar-refractivity contribution is 6.10. The zero-order chi connectivity index (χ0) is 30.3. The van der Waals surface area contributed by atoms with Gasteiger partial charge in [-0.2, -0.15) is 18.3 Å². The van der Waals surface area contributed by atoms with Crippen LogP contribution in [0.5, 0.6) is 0 Å². The number of halogens is 3. The fourth-order valence-electron chi connectivity index (χ4n) is 4.22. The summed E-state index contributed by atoms with van der Waals surface area (Å²) in [6.07, 6.45) is 2.79. The van der Waals surface area contributed by atoms with Crippen molar-refractivity contribution in [1.82, 2.24) is 30.1 Å². The van der Waals surface area contributed by atoms with Gasteiger partial charge in [0, 0.05) is 60.9 Å². The van der Waals surface area contributed by atoms with E-state index in [9.17, 15) is 27.6 Å². The summed E-state index contributed by atoms with van der Waals surface area (Å²) in [7, 11) is 0. The van der Waals surface area contributed by atoms with Crippen LogP contribution in [0.1, 0.15) is 25.3 Å². The van der Waals surface area contributed by atoms with Crippen molar-refractivity contribution in [3.8, 4) is 11.3 Å². The molecule has 0 bridgehead atoms. The fourth-order valence-corrected chi connectivity index (χ4v) is 4.22. The van der Waals surface area contributed by atoms with Crippen molar-refractivity contribution in [2.24, 2.45) is 10.7 Å². The number of nitrogens with two attached hydrogens (primary N) is 1. The Hall–Kier alpha value is -4.95. The van der Waals surface area contributed by atoms with Crippen molar-refractivity contribution in [2.45, 2.75) is 32.0 Å². The number of rotatable bonds is 10. The minimum absolute atomic E-state index is 0.0982. The predicted molar refractivity (Wildman–Crippen MR) is 150 cm³/mol. The van der Waals surface area contributed by atoms with Gasteiger partial charge in [0.2, 0.25) is 11.8 Å². The number of hydrogen-bond acceptors (Lipinski definition) is 7. The highest BCUT2D eigenvalue weighted by Gasteiger charge is 2.27. The number of imidazole rings is 1. The number of allylic oxidation sites excluding steroid dienone is 1. The SMILES string of the molecule is CC(N=CC(=CN)c1cnn2c(-c3cccc(NC(=O)NCC(F)(F)F)c3)cnc2c1)C(=O)NCCN1CCCC1=O. The van der Waals surface area contributed by atoms with Crippen molar-refractivity contribution in [3.63, 3.8) is 0 Å². The topological polar surface area (TPSA) is 159 Å². The molecular weight excluding hydrogens is 555 g/mol. The molecule has 15 heteroatoms. The number of benzene rings is 1. The van der Waals surface area contributed by atoms with Gasteiger partial charge >= 0.3 is 12.2 Å². The van der Waals surface area contributed by atoms with Gasteiger partial charge in [-0.15, -0.1) is 0 Å². The number of hydrogen-bond donors (Lipinski definition) is 4. The van der Waals surface area contributed by atoms with E-state index in [0.717, 1.165) is 6.42 Å². The van der Waals surface area contributed by atoms with Crippen LogP contribution in [-0.4, -0.2) is 82.0 Å². The molecule has 0 aliphatic carbocycles. The fraction of sp³-hybridized carbons (Fsp3) is 0.333. The van der Waals surface area contributed by atoms with E-state index in [1.54, 1.807) is 64.4 Å². The lowest BCUT2D eigenvalue weighted by molar-refractivity contribution is -0.128. The molecule has 3 heterocycles. The van der Waals surface area contributed by atoms with Crippen LogP contribution in [-0.2, 0) is 9.59 Å². The van der Waals surface area contributed by atoms with Crippen LogP contribution in [0.3, 0.4) is 0 Å². The monoisotopic (exact) mass is 585 g/mol. The molecule has 4 amide bonds. The summed E-state index contributed by atoms with van der Waals surface area (Å²) in [4.78, 5) is 46.4. The lowest BCUT2D eigenvalue weighted by Gasteiger charge is -2.16. The van der Waals surface area contributed by atoms with Gasteiger partial charge in [0.15, 0.2) is 5.65 Å². The molecule has 1 fully saturated rings. The number of likely N-dealkylation sites (tertiary alicyclic amines) is 1. The predicted octanol–water partition coefficient (Wildman–Crippen LogP) is 2.58. The minimum atomic E-state index is -4.52. The summed E-state index contributed by atoms with van der Waals surface area (Å²) in [5.74, 6) is -0.184. The molecular formula is C27H30F3N9O3. The first-order valence-corrected chi connectivity index (χ1v) is 13.1. The number of nitrogens with one attached hydrogen (secondary N) is 3. The quantitative estimate of drug-likeness (QED) is 0.268. The summed E-state index contributed by atoms with van der Waals surface area (Å²) < 4.78 is 38.6. The van der Waals surface area contributed by atoms with Crippen LogP contribution in [0.25, 0.3) is 22.5 Å². The zero-order valence-electron chi connectivity index (χ0n) is 22.7. The van der Waals surface area contributed by atoms with Crippen LogP contribution >= 0.6 is 0 Å². The molecule has 222 valence electrons. The number of nitrogens with zero attached hydrogens (tertiary/aromatic N) is 5. The molecule has 5 N–H and O–H groups in total. The first kappa shape index (κ1) is 30.0. The molecule has 1 aliphatic heterocycles. The van der Waals surface area contributed by atoms with Gasteiger partial charge in [-0.3, -0.25) is 14.6 Å². The van der Waals surface area contributed by atoms with Crippen LogP contribution in [0.4, 0.5) is 23.7 Å². The van der Waals surface area contributed by atoms with Crippen LogP contribution in [0.2, 0.25) is 0 Å². The van der Waals surface area contributed by atoms with E-state index in [4.69, 9.17) is 5.73 Å². The number of carbonyl (C=O) groups excluding carboxylic acids is 3. The second kappa shape index (κ2) is 13.1. The number of amides is 4. The average Bonchev–Trinajstić information content (AvgIpc) is 3.57. The molecule has 1 aliphatic rings. The van der Waals surface area contributed by atoms with Gasteiger partial charge in [0.1, 0.15) is 12.6 Å². The Labute approximate surface area is 238 Å². The van der Waals surface area contributed by atoms with Crippen LogP contribution in [0, 0.1) is 0 Å². The van der Waals surface area contributed by atoms with Crippen molar-refractivity contribution < 1.29 is 27.6 Å². The van der Waals surface area contributed by atoms with E-state index in [0.29, 0.717) is 54.1 Å². The number of aromatic nitrogens is 3. The highest BCUT2D eigenvalue weighted by atomic mass is 19.4. The summed E-state index contributed by atoms with van der Waals surface area (Å²) in [5, 5.41) is 11.4. The second-order valence-corrected chi connectivity index (χ2v) is 9.51. The number of carbonyl (C=O) groups is 3. The van der Waals surface area contributed by atoms with E-state index in [2.05, 4.69) is 25.7 Å². The van der Waals surface area contributed by atoms with E-state index in [1.165, 1.54) is 12.4 Å². The first-order valence-electron chi connectivity index (χ1n) is 13.1. The van der Waals surface area contributed by atoms with Gasteiger partial charge in [-0.25, -0.2) is 14.3 Å². The number of anilines is 1. The van der Waals surface area contributed by atoms with Gasteiger partial charge in [-0.05, 0) is 31.5 Å². The Kier molecular flexibility index (Phi) is 9.39. The molecule has 1 atom stereocenters. The standard InChI is InChI=1S/C27H30F3N9O3/c1-17(25(41)32-7-9-38-8-3-6-24(38)40)33-13-20(12-31)19-11-23-34-15-22(39(23)36-14-19)18-4-2-5-21(10-18)37-26(42)35-16-27(28,29)30/h2,4-5,10-15,17H,3,6-9,16,31H2,1H3,(H,32,41)(H2,35,37,42). The van der Waals surface area contributed by atoms with Gasteiger partial charge in [0.25, 0.3) is 0 Å². The summed E-state index contributed by atoms with van der Waals surface area (Å²) >= 11 is 0. The molecule has 0 radical (unpaired) electrons. The van der Waals surface area contributed by atoms with E-state index >= 15 is 0 Å².